The summed E-state index contributed by atoms with van der Waals surface area (Å²) in [6.07, 6.45) is 8.71. The summed E-state index contributed by atoms with van der Waals surface area (Å²) in [5.74, 6) is 2.88. The number of fused-ring (bicyclic) bond motifs is 6. The molecule has 4 saturated carbocycles. The van der Waals surface area contributed by atoms with Gasteiger partial charge in [0.25, 0.3) is 0 Å². The van der Waals surface area contributed by atoms with E-state index in [1.165, 1.54) is 105 Å². The van der Waals surface area contributed by atoms with E-state index in [4.69, 9.17) is 0 Å². The molecule has 14 rings (SSSR count). The van der Waals surface area contributed by atoms with Crippen LogP contribution in [0, 0.1) is 17.8 Å². The first kappa shape index (κ1) is 37.0. The topological polar surface area (TPSA) is 8.17 Å². The van der Waals surface area contributed by atoms with Gasteiger partial charge in [0, 0.05) is 38.9 Å². The van der Waals surface area contributed by atoms with E-state index < -0.39 is 0 Å². The summed E-state index contributed by atoms with van der Waals surface area (Å²) in [5, 5.41) is 2.55. The molecule has 5 aliphatic carbocycles. The Bertz CT molecular complexity index is 3110. The molecule has 0 aliphatic heterocycles. The van der Waals surface area contributed by atoms with Gasteiger partial charge in [-0.3, -0.25) is 0 Å². The lowest BCUT2D eigenvalue weighted by molar-refractivity contribution is -0.00518. The second kappa shape index (κ2) is 13.9. The number of para-hydroxylation sites is 2. The molecule has 63 heavy (non-hydrogen) atoms. The van der Waals surface area contributed by atoms with Crippen LogP contribution < -0.4 is 4.90 Å². The molecule has 8 aromatic carbocycles. The Balaban J connectivity index is 0.862. The van der Waals surface area contributed by atoms with E-state index in [1.54, 1.807) is 5.56 Å². The quantitative estimate of drug-likeness (QED) is 0.156. The number of aromatic nitrogens is 1. The van der Waals surface area contributed by atoms with Crippen molar-refractivity contribution in [2.45, 2.75) is 63.2 Å². The lowest BCUT2D eigenvalue weighted by Gasteiger charge is -2.57. The molecule has 306 valence electrons. The van der Waals surface area contributed by atoms with Crippen molar-refractivity contribution in [3.05, 3.63) is 205 Å². The Hall–Kier alpha value is -6.64. The number of hydrogen-bond acceptors (Lipinski definition) is 1. The van der Waals surface area contributed by atoms with Gasteiger partial charge in [0.05, 0.1) is 11.0 Å². The fraction of sp³-hybridized carbons (Fsp3) is 0.213. The van der Waals surface area contributed by atoms with Crippen molar-refractivity contribution in [3.8, 4) is 39.1 Å². The zero-order valence-corrected chi connectivity index (χ0v) is 36.3. The van der Waals surface area contributed by atoms with E-state index in [1.807, 2.05) is 0 Å². The van der Waals surface area contributed by atoms with Crippen molar-refractivity contribution in [3.63, 3.8) is 0 Å². The smallest absolute Gasteiger partial charge is 0.0541 e. The molecular weight excluding hydrogens is 761 g/mol. The van der Waals surface area contributed by atoms with Crippen LogP contribution >= 0.6 is 0 Å². The molecule has 2 nitrogen and oxygen atoms in total. The van der Waals surface area contributed by atoms with Crippen LogP contribution in [0.2, 0.25) is 0 Å². The Morgan fingerprint density at radius 1 is 0.429 bits per heavy atom. The van der Waals surface area contributed by atoms with Crippen molar-refractivity contribution in [1.29, 1.82) is 0 Å². The molecular formula is C61H52N2. The largest absolute Gasteiger partial charge is 0.310 e. The highest BCUT2D eigenvalue weighted by atomic mass is 15.1. The zero-order valence-electron chi connectivity index (χ0n) is 36.3. The number of rotatable bonds is 7. The molecule has 0 unspecified atom stereocenters. The second-order valence-electron chi connectivity index (χ2n) is 20.0. The van der Waals surface area contributed by atoms with Gasteiger partial charge in [-0.05, 0) is 178 Å². The molecule has 4 bridgehead atoms. The number of hydrogen-bond donors (Lipinski definition) is 0. The molecule has 0 spiro atoms. The molecule has 2 heteroatoms. The average molecular weight is 813 g/mol. The SMILES string of the molecule is CC1(C)c2cc(-c3ccc(C45CC6CC(CC(C6)C4)C5)cc3)ccc2-c2ccc(N(c3ccc(-c4ccccc4)cc3)c3ccc(-n4c5ccccc5c5ccccc54)cc3)cc21. The highest BCUT2D eigenvalue weighted by Crippen LogP contribution is 2.61. The monoisotopic (exact) mass is 812 g/mol. The summed E-state index contributed by atoms with van der Waals surface area (Å²) in [5.41, 5.74) is 19.4. The third-order valence-electron chi connectivity index (χ3n) is 16.0. The summed E-state index contributed by atoms with van der Waals surface area (Å²) < 4.78 is 2.40. The molecule has 0 atom stereocenters. The predicted octanol–water partition coefficient (Wildman–Crippen LogP) is 16.4. The fourth-order valence-electron chi connectivity index (χ4n) is 13.4. The molecule has 0 saturated heterocycles. The Morgan fingerprint density at radius 3 is 1.51 bits per heavy atom. The molecule has 1 aromatic heterocycles. The standard InChI is InChI=1S/C61H52N2/c1-60(2)56-35-46(45-16-21-47(22-17-45)61-37-40-32-41(38-61)34-42(33-40)39-61)20-30-52(56)53-31-29-51(36-57(53)60)62(48-23-18-44(19-24-48)43-10-4-3-5-11-43)49-25-27-50(28-26-49)63-58-14-8-6-12-54(58)55-13-7-9-15-59(55)63/h3-31,35-36,40-42H,32-34,37-39H2,1-2H3. The zero-order chi connectivity index (χ0) is 41.9. The van der Waals surface area contributed by atoms with Gasteiger partial charge in [-0.15, -0.1) is 0 Å². The van der Waals surface area contributed by atoms with E-state index >= 15 is 0 Å². The van der Waals surface area contributed by atoms with Crippen LogP contribution in [-0.4, -0.2) is 4.57 Å². The maximum absolute atomic E-state index is 2.50. The summed E-state index contributed by atoms with van der Waals surface area (Å²) >= 11 is 0. The molecule has 0 amide bonds. The van der Waals surface area contributed by atoms with Gasteiger partial charge in [-0.25, -0.2) is 0 Å². The van der Waals surface area contributed by atoms with Crippen LogP contribution in [0.25, 0.3) is 60.9 Å². The van der Waals surface area contributed by atoms with Crippen molar-refractivity contribution in [2.75, 3.05) is 4.90 Å². The first-order valence-electron chi connectivity index (χ1n) is 23.3. The molecule has 1 heterocycles. The lowest BCUT2D eigenvalue weighted by Crippen LogP contribution is -2.48. The van der Waals surface area contributed by atoms with Crippen LogP contribution in [0.1, 0.15) is 69.1 Å². The van der Waals surface area contributed by atoms with Gasteiger partial charge in [0.2, 0.25) is 0 Å². The average Bonchev–Trinajstić information content (AvgIpc) is 3.77. The molecule has 0 radical (unpaired) electrons. The Labute approximate surface area is 371 Å². The van der Waals surface area contributed by atoms with Gasteiger partial charge in [-0.1, -0.05) is 135 Å². The van der Waals surface area contributed by atoms with Crippen molar-refractivity contribution in [2.24, 2.45) is 17.8 Å². The van der Waals surface area contributed by atoms with Crippen LogP contribution in [-0.2, 0) is 10.8 Å². The summed E-state index contributed by atoms with van der Waals surface area (Å²) in [4.78, 5) is 2.43. The molecule has 0 N–H and O–H groups in total. The minimum absolute atomic E-state index is 0.168. The van der Waals surface area contributed by atoms with Crippen molar-refractivity contribution in [1.82, 2.24) is 4.57 Å². The first-order valence-corrected chi connectivity index (χ1v) is 23.3. The highest BCUT2D eigenvalue weighted by Gasteiger charge is 2.51. The minimum atomic E-state index is -0.168. The van der Waals surface area contributed by atoms with E-state index in [0.717, 1.165) is 40.5 Å². The highest BCUT2D eigenvalue weighted by molar-refractivity contribution is 6.09. The van der Waals surface area contributed by atoms with Gasteiger partial charge in [-0.2, -0.15) is 0 Å². The van der Waals surface area contributed by atoms with Gasteiger partial charge >= 0.3 is 0 Å². The van der Waals surface area contributed by atoms with E-state index in [-0.39, 0.29) is 5.41 Å². The maximum Gasteiger partial charge on any atom is 0.0541 e. The molecule has 4 fully saturated rings. The first-order chi connectivity index (χ1) is 30.9. The van der Waals surface area contributed by atoms with Gasteiger partial charge < -0.3 is 9.47 Å². The van der Waals surface area contributed by atoms with Crippen molar-refractivity contribution >= 4 is 38.9 Å². The lowest BCUT2D eigenvalue weighted by atomic mass is 9.48. The van der Waals surface area contributed by atoms with Crippen LogP contribution in [0.15, 0.2) is 188 Å². The van der Waals surface area contributed by atoms with E-state index in [9.17, 15) is 0 Å². The predicted molar refractivity (Wildman–Crippen MR) is 264 cm³/mol. The molecule has 5 aliphatic rings. The Morgan fingerprint density at radius 2 is 0.889 bits per heavy atom. The summed E-state index contributed by atoms with van der Waals surface area (Å²) in [6.45, 7) is 4.84. The summed E-state index contributed by atoms with van der Waals surface area (Å²) in [6, 6.07) is 70.6. The van der Waals surface area contributed by atoms with Crippen LogP contribution in [0.5, 0.6) is 0 Å². The van der Waals surface area contributed by atoms with E-state index in [0.29, 0.717) is 5.41 Å². The van der Waals surface area contributed by atoms with Gasteiger partial charge in [0.15, 0.2) is 0 Å². The van der Waals surface area contributed by atoms with Crippen LogP contribution in [0.4, 0.5) is 17.1 Å². The normalized spacial score (nSPS) is 21.5. The number of anilines is 3. The summed E-state index contributed by atoms with van der Waals surface area (Å²) in [7, 11) is 0. The third-order valence-corrected chi connectivity index (χ3v) is 16.0. The Kier molecular flexibility index (Phi) is 8.17. The molecule has 9 aromatic rings. The van der Waals surface area contributed by atoms with Crippen molar-refractivity contribution < 1.29 is 0 Å². The van der Waals surface area contributed by atoms with E-state index in [2.05, 4.69) is 211 Å². The number of nitrogens with zero attached hydrogens (tertiary/aromatic N) is 2. The maximum atomic E-state index is 2.50. The second-order valence-corrected chi connectivity index (χ2v) is 20.0. The van der Waals surface area contributed by atoms with Gasteiger partial charge in [0.1, 0.15) is 0 Å². The van der Waals surface area contributed by atoms with Crippen LogP contribution in [0.3, 0.4) is 0 Å². The minimum Gasteiger partial charge on any atom is -0.310 e. The fourth-order valence-corrected chi connectivity index (χ4v) is 13.4. The third kappa shape index (κ3) is 5.83. The number of benzene rings is 8.